The number of aryl methyl sites for hydroxylation is 1. The smallest absolute Gasteiger partial charge is 0.265 e. The molecule has 0 atom stereocenters. The minimum Gasteiger partial charge on any atom is -0.454 e. The standard InChI is InChI=1S/C17H13ClN4O6S2/c1-9-15(18)17(27-19-9)21-30(23,24)14-4-5-29-16(14)11-7-22(28-20-11)10-2-3-12-13(6-10)26-8-25-12/h2-7,20-21H,8H2,1H3. The van der Waals surface area contributed by atoms with Gasteiger partial charge in [0.15, 0.2) is 11.5 Å². The molecule has 1 aromatic carbocycles. The zero-order valence-corrected chi connectivity index (χ0v) is 17.6. The summed E-state index contributed by atoms with van der Waals surface area (Å²) >= 11 is 7.25. The van der Waals surface area contributed by atoms with Gasteiger partial charge in [0.2, 0.25) is 6.79 Å². The zero-order valence-electron chi connectivity index (χ0n) is 15.2. The first-order valence-corrected chi connectivity index (χ1v) is 11.2. The number of halogens is 1. The molecule has 4 heterocycles. The maximum atomic E-state index is 12.9. The van der Waals surface area contributed by atoms with Crippen LogP contribution in [0, 0.1) is 6.92 Å². The molecule has 0 saturated carbocycles. The predicted octanol–water partition coefficient (Wildman–Crippen LogP) is 3.48. The molecule has 2 N–H and O–H groups in total. The number of thiophene rings is 1. The van der Waals surface area contributed by atoms with E-state index in [1.165, 1.54) is 22.5 Å². The van der Waals surface area contributed by atoms with Gasteiger partial charge in [-0.3, -0.25) is 0 Å². The van der Waals surface area contributed by atoms with Crippen molar-refractivity contribution in [1.29, 1.82) is 0 Å². The van der Waals surface area contributed by atoms with Gasteiger partial charge in [0.05, 0.1) is 16.8 Å². The Labute approximate surface area is 179 Å². The molecule has 0 bridgehead atoms. The molecule has 2 aliphatic heterocycles. The number of nitrogens with zero attached hydrogens (tertiary/aromatic N) is 2. The van der Waals surface area contributed by atoms with Crippen molar-refractivity contribution in [2.45, 2.75) is 11.8 Å². The average molecular weight is 469 g/mol. The van der Waals surface area contributed by atoms with Gasteiger partial charge in [-0.05, 0) is 30.5 Å². The van der Waals surface area contributed by atoms with Crippen LogP contribution in [0.1, 0.15) is 10.6 Å². The van der Waals surface area contributed by atoms with E-state index in [9.17, 15) is 8.42 Å². The normalized spacial score (nSPS) is 15.3. The number of benzene rings is 1. The molecular formula is C17H13ClN4O6S2. The number of hydroxylamine groups is 2. The Morgan fingerprint density at radius 2 is 2.10 bits per heavy atom. The molecule has 0 unspecified atom stereocenters. The molecule has 0 radical (unpaired) electrons. The molecule has 10 nitrogen and oxygen atoms in total. The van der Waals surface area contributed by atoms with E-state index in [1.807, 2.05) is 0 Å². The third-order valence-electron chi connectivity index (χ3n) is 4.29. The highest BCUT2D eigenvalue weighted by atomic mass is 35.5. The number of rotatable bonds is 5. The zero-order chi connectivity index (χ0) is 20.9. The van der Waals surface area contributed by atoms with Gasteiger partial charge in [-0.15, -0.1) is 11.3 Å². The quantitative estimate of drug-likeness (QED) is 0.580. The van der Waals surface area contributed by atoms with E-state index in [2.05, 4.69) is 15.4 Å². The summed E-state index contributed by atoms with van der Waals surface area (Å²) in [6, 6.07) is 6.79. The fraction of sp³-hybridized carbons (Fsp3) is 0.118. The molecule has 0 spiro atoms. The molecule has 0 aliphatic carbocycles. The van der Waals surface area contributed by atoms with Crippen LogP contribution < -0.4 is 24.7 Å². The van der Waals surface area contributed by atoms with Crippen LogP contribution in [0.15, 0.2) is 45.3 Å². The summed E-state index contributed by atoms with van der Waals surface area (Å²) in [7, 11) is -3.99. The molecule has 13 heteroatoms. The first-order valence-electron chi connectivity index (χ1n) is 8.48. The van der Waals surface area contributed by atoms with Crippen LogP contribution in [0.25, 0.3) is 5.70 Å². The minimum atomic E-state index is -3.99. The number of anilines is 2. The number of hydrogen-bond donors (Lipinski definition) is 2. The van der Waals surface area contributed by atoms with Gasteiger partial charge in [0.1, 0.15) is 21.3 Å². The number of fused-ring (bicyclic) bond motifs is 1. The van der Waals surface area contributed by atoms with Crippen LogP contribution in [0.2, 0.25) is 5.02 Å². The maximum Gasteiger partial charge on any atom is 0.265 e. The first-order chi connectivity index (χ1) is 14.4. The van der Waals surface area contributed by atoms with E-state index in [0.29, 0.717) is 33.5 Å². The summed E-state index contributed by atoms with van der Waals surface area (Å²) in [6.45, 7) is 1.77. The second kappa shape index (κ2) is 7.09. The maximum absolute atomic E-state index is 12.9. The molecule has 0 fully saturated rings. The highest BCUT2D eigenvalue weighted by Crippen LogP contribution is 2.38. The lowest BCUT2D eigenvalue weighted by Crippen LogP contribution is -2.17. The van der Waals surface area contributed by atoms with Crippen LogP contribution in [0.5, 0.6) is 11.5 Å². The summed E-state index contributed by atoms with van der Waals surface area (Å²) in [5.41, 5.74) is 4.25. The lowest BCUT2D eigenvalue weighted by Gasteiger charge is -2.12. The molecule has 3 aromatic rings. The molecule has 30 heavy (non-hydrogen) atoms. The van der Waals surface area contributed by atoms with Crippen molar-refractivity contribution in [3.8, 4) is 11.5 Å². The van der Waals surface area contributed by atoms with E-state index in [4.69, 9.17) is 30.5 Å². The number of aromatic nitrogens is 1. The minimum absolute atomic E-state index is 0.0347. The Morgan fingerprint density at radius 3 is 2.90 bits per heavy atom. The second-order valence-corrected chi connectivity index (χ2v) is 9.17. The van der Waals surface area contributed by atoms with Gasteiger partial charge in [-0.2, -0.15) is 4.94 Å². The number of sulfonamides is 1. The average Bonchev–Trinajstić information content (AvgIpc) is 3.50. The lowest BCUT2D eigenvalue weighted by molar-refractivity contribution is 0.0938. The van der Waals surface area contributed by atoms with E-state index >= 15 is 0 Å². The Hall–Kier alpha value is -2.93. The van der Waals surface area contributed by atoms with Crippen molar-refractivity contribution in [3.63, 3.8) is 0 Å². The summed E-state index contributed by atoms with van der Waals surface area (Å²) in [5.74, 6) is 1.10. The Balaban J connectivity index is 1.43. The fourth-order valence-electron chi connectivity index (χ4n) is 2.83. The predicted molar refractivity (Wildman–Crippen MR) is 109 cm³/mol. The largest absolute Gasteiger partial charge is 0.454 e. The van der Waals surface area contributed by atoms with Crippen LogP contribution in [0.4, 0.5) is 11.6 Å². The van der Waals surface area contributed by atoms with Gasteiger partial charge < -0.3 is 14.0 Å². The Morgan fingerprint density at radius 1 is 1.27 bits per heavy atom. The van der Waals surface area contributed by atoms with Crippen molar-refractivity contribution in [2.75, 3.05) is 16.6 Å². The topological polar surface area (TPSA) is 115 Å². The van der Waals surface area contributed by atoms with Crippen LogP contribution in [0.3, 0.4) is 0 Å². The Bertz CT molecular complexity index is 1270. The monoisotopic (exact) mass is 468 g/mol. The number of nitrogens with one attached hydrogen (secondary N) is 2. The number of hydrogen-bond acceptors (Lipinski definition) is 10. The summed E-state index contributed by atoms with van der Waals surface area (Å²) in [6.07, 6.45) is 1.63. The summed E-state index contributed by atoms with van der Waals surface area (Å²) < 4.78 is 43.7. The van der Waals surface area contributed by atoms with Gasteiger partial charge in [0.25, 0.3) is 15.9 Å². The van der Waals surface area contributed by atoms with Crippen LogP contribution >= 0.6 is 22.9 Å². The van der Waals surface area contributed by atoms with Gasteiger partial charge in [-0.25, -0.2) is 23.7 Å². The number of ether oxygens (including phenoxy) is 2. The van der Waals surface area contributed by atoms with Gasteiger partial charge in [0, 0.05) is 6.07 Å². The van der Waals surface area contributed by atoms with E-state index in [0.717, 1.165) is 0 Å². The molecule has 5 rings (SSSR count). The van der Waals surface area contributed by atoms with E-state index < -0.39 is 10.0 Å². The molecule has 156 valence electrons. The fourth-order valence-corrected chi connectivity index (χ4v) is 5.40. The second-order valence-electron chi connectivity index (χ2n) is 6.23. The first kappa shape index (κ1) is 19.1. The lowest BCUT2D eigenvalue weighted by atomic mass is 10.2. The summed E-state index contributed by atoms with van der Waals surface area (Å²) in [5, 5.41) is 6.86. The van der Waals surface area contributed by atoms with Gasteiger partial charge in [-0.1, -0.05) is 16.8 Å². The van der Waals surface area contributed by atoms with Crippen LogP contribution in [-0.2, 0) is 15.0 Å². The van der Waals surface area contributed by atoms with E-state index in [1.54, 1.807) is 36.7 Å². The van der Waals surface area contributed by atoms with Gasteiger partial charge >= 0.3 is 0 Å². The molecule has 2 aromatic heterocycles. The molecule has 2 aliphatic rings. The summed E-state index contributed by atoms with van der Waals surface area (Å²) in [4.78, 5) is 5.96. The van der Waals surface area contributed by atoms with E-state index in [-0.39, 0.29) is 22.6 Å². The van der Waals surface area contributed by atoms with Crippen molar-refractivity contribution >= 4 is 50.2 Å². The van der Waals surface area contributed by atoms with Crippen molar-refractivity contribution in [1.82, 2.24) is 10.6 Å². The Kier molecular flexibility index (Phi) is 4.50. The molecule has 0 saturated heterocycles. The third-order valence-corrected chi connectivity index (χ3v) is 7.19. The third kappa shape index (κ3) is 3.23. The van der Waals surface area contributed by atoms with Crippen molar-refractivity contribution < 1.29 is 27.4 Å². The van der Waals surface area contributed by atoms with Crippen molar-refractivity contribution in [3.05, 3.63) is 51.4 Å². The molecule has 0 amide bonds. The SMILES string of the molecule is Cc1noc(NS(=O)(=O)c2ccsc2C2=CN(c3ccc4c(c3)OCO4)ON2)c1Cl. The van der Waals surface area contributed by atoms with Crippen molar-refractivity contribution in [2.24, 2.45) is 0 Å². The van der Waals surface area contributed by atoms with Crippen LogP contribution in [-0.4, -0.2) is 20.4 Å². The highest BCUT2D eigenvalue weighted by molar-refractivity contribution is 7.93. The highest BCUT2D eigenvalue weighted by Gasteiger charge is 2.28. The molecular weight excluding hydrogens is 456 g/mol.